The van der Waals surface area contributed by atoms with Gasteiger partial charge in [-0.15, -0.1) is 0 Å². The number of hydrogen-bond donors (Lipinski definition) is 0. The number of carbonyl (C=O) groups is 2. The van der Waals surface area contributed by atoms with E-state index < -0.39 is 12.2 Å². The molecule has 0 bridgehead atoms. The highest BCUT2D eigenvalue weighted by atomic mass is 16.7. The van der Waals surface area contributed by atoms with Gasteiger partial charge in [-0.3, -0.25) is 9.59 Å². The average Bonchev–Trinajstić information content (AvgIpc) is 3.19. The Hall–Kier alpha value is -2.28. The van der Waals surface area contributed by atoms with Crippen LogP contribution in [0.3, 0.4) is 0 Å². The van der Waals surface area contributed by atoms with Gasteiger partial charge in [-0.25, -0.2) is 0 Å². The van der Waals surface area contributed by atoms with Gasteiger partial charge in [0.1, 0.15) is 18.7 Å². The molecule has 1 saturated heterocycles. The van der Waals surface area contributed by atoms with Crippen LogP contribution < -0.4 is 9.47 Å². The number of quaternary nitrogens is 1. The normalized spacial score (nSPS) is 37.0. The summed E-state index contributed by atoms with van der Waals surface area (Å²) in [6.45, 7) is 5.06. The lowest BCUT2D eigenvalue weighted by Gasteiger charge is -2.52. The minimum atomic E-state index is -0.488. The summed E-state index contributed by atoms with van der Waals surface area (Å²) in [4.78, 5) is 23.7. The van der Waals surface area contributed by atoms with Crippen molar-refractivity contribution >= 4 is 11.9 Å². The molecule has 0 radical (unpaired) electrons. The van der Waals surface area contributed by atoms with Gasteiger partial charge in [0.25, 0.3) is 0 Å². The van der Waals surface area contributed by atoms with E-state index in [4.69, 9.17) is 18.9 Å². The van der Waals surface area contributed by atoms with Gasteiger partial charge in [0, 0.05) is 31.7 Å². The van der Waals surface area contributed by atoms with Gasteiger partial charge < -0.3 is 23.4 Å². The molecule has 0 amide bonds. The predicted octanol–water partition coefficient (Wildman–Crippen LogP) is 2.11. The number of nitrogens with zero attached hydrogens (tertiary/aromatic N) is 1. The molecule has 3 heterocycles. The summed E-state index contributed by atoms with van der Waals surface area (Å²) >= 11 is 0. The van der Waals surface area contributed by atoms with Gasteiger partial charge in [0.05, 0.1) is 19.5 Å². The zero-order valence-corrected chi connectivity index (χ0v) is 16.5. The van der Waals surface area contributed by atoms with E-state index in [1.807, 2.05) is 6.07 Å². The van der Waals surface area contributed by atoms with Gasteiger partial charge in [0.2, 0.25) is 6.79 Å². The second kappa shape index (κ2) is 6.11. The lowest BCUT2D eigenvalue weighted by Crippen LogP contribution is -2.62. The fraction of sp³-hybridized carbons (Fsp3) is 0.619. The molecule has 2 fully saturated rings. The Labute approximate surface area is 164 Å². The van der Waals surface area contributed by atoms with E-state index in [0.29, 0.717) is 12.0 Å². The average molecular weight is 388 g/mol. The molecule has 1 aliphatic carbocycles. The van der Waals surface area contributed by atoms with Crippen LogP contribution >= 0.6 is 0 Å². The van der Waals surface area contributed by atoms with Crippen LogP contribution in [0.25, 0.3) is 0 Å². The third-order valence-corrected chi connectivity index (χ3v) is 6.98. The maximum Gasteiger partial charge on any atom is 0.303 e. The van der Waals surface area contributed by atoms with Crippen LogP contribution in [0.2, 0.25) is 0 Å². The maximum absolute atomic E-state index is 12.0. The first-order valence-corrected chi connectivity index (χ1v) is 9.97. The number of esters is 2. The van der Waals surface area contributed by atoms with Crippen LogP contribution in [0, 0.1) is 5.92 Å². The Morgan fingerprint density at radius 1 is 1.11 bits per heavy atom. The molecule has 4 aliphatic rings. The molecule has 0 unspecified atom stereocenters. The third-order valence-electron chi connectivity index (χ3n) is 6.98. The summed E-state index contributed by atoms with van der Waals surface area (Å²) < 4.78 is 23.6. The largest absolute Gasteiger partial charge is 0.459 e. The number of carbonyl (C=O) groups excluding carboxylic acids is 2. The molecule has 7 heteroatoms. The van der Waals surface area contributed by atoms with E-state index in [-0.39, 0.29) is 24.6 Å². The van der Waals surface area contributed by atoms with E-state index >= 15 is 0 Å². The van der Waals surface area contributed by atoms with Crippen molar-refractivity contribution in [3.05, 3.63) is 23.3 Å². The van der Waals surface area contributed by atoms with Gasteiger partial charge in [-0.05, 0) is 24.1 Å². The van der Waals surface area contributed by atoms with Crippen molar-refractivity contribution in [1.82, 2.24) is 0 Å². The number of hydrogen-bond acceptors (Lipinski definition) is 6. The van der Waals surface area contributed by atoms with Gasteiger partial charge in [0.15, 0.2) is 17.6 Å². The summed E-state index contributed by atoms with van der Waals surface area (Å²) in [5, 5.41) is 0. The molecule has 3 aliphatic heterocycles. The van der Waals surface area contributed by atoms with E-state index in [9.17, 15) is 9.59 Å². The second-order valence-electron chi connectivity index (χ2n) is 8.79. The van der Waals surface area contributed by atoms with Crippen LogP contribution in [-0.2, 0) is 25.6 Å². The van der Waals surface area contributed by atoms with Crippen molar-refractivity contribution < 1.29 is 33.0 Å². The Balaban J connectivity index is 1.65. The predicted molar refractivity (Wildman–Crippen MR) is 97.7 cm³/mol. The number of likely N-dealkylation sites (N-methyl/N-ethyl adjacent to an activating group) is 1. The molecule has 0 spiro atoms. The minimum Gasteiger partial charge on any atom is -0.459 e. The fourth-order valence-electron chi connectivity index (χ4n) is 6.14. The Kier molecular flexibility index (Phi) is 3.88. The summed E-state index contributed by atoms with van der Waals surface area (Å²) in [6, 6.07) is 4.46. The molecule has 28 heavy (non-hydrogen) atoms. The first-order chi connectivity index (χ1) is 13.4. The monoisotopic (exact) mass is 388 g/mol. The van der Waals surface area contributed by atoms with Crippen molar-refractivity contribution in [2.24, 2.45) is 5.92 Å². The summed E-state index contributed by atoms with van der Waals surface area (Å²) in [5.74, 6) is 1.23. The van der Waals surface area contributed by atoms with Crippen LogP contribution in [-0.4, -0.2) is 55.1 Å². The van der Waals surface area contributed by atoms with E-state index in [1.54, 1.807) is 0 Å². The van der Waals surface area contributed by atoms with E-state index in [1.165, 1.54) is 19.4 Å². The highest BCUT2D eigenvalue weighted by Gasteiger charge is 2.61. The van der Waals surface area contributed by atoms with Crippen LogP contribution in [0.1, 0.15) is 43.7 Å². The Bertz CT molecular complexity index is 854. The molecule has 5 rings (SSSR count). The topological polar surface area (TPSA) is 71.1 Å². The van der Waals surface area contributed by atoms with Crippen LogP contribution in [0.4, 0.5) is 0 Å². The first kappa shape index (κ1) is 17.8. The summed E-state index contributed by atoms with van der Waals surface area (Å²) in [6.07, 6.45) is 0.920. The molecule has 6 atom stereocenters. The standard InChI is InChI=1S/C21H26NO6/c1-11(23)27-18-6-13-4-5-22(3)9-14-7-16-17(26-10-25-16)8-15(14)19(20(13)22)21(18)28-12(2)24/h7-8,13,18-21H,4-6,9-10H2,1-3H3/q+1/t13-,18+,19+,20-,21-,22+/m1/s1. The third kappa shape index (κ3) is 2.59. The molecule has 1 aromatic rings. The SMILES string of the molecule is CC(=O)O[C@H]1[C@H]2c3cc4c(cc3C[N@+]3(C)CC[C@H](C[C@@H]1OC(C)=O)[C@H]23)OCO4. The van der Waals surface area contributed by atoms with Gasteiger partial charge in [-0.2, -0.15) is 0 Å². The van der Waals surface area contributed by atoms with Crippen molar-refractivity contribution in [3.8, 4) is 11.5 Å². The summed E-state index contributed by atoms with van der Waals surface area (Å²) in [7, 11) is 2.29. The number of fused-ring (bicyclic) bond motifs is 3. The molecule has 7 nitrogen and oxygen atoms in total. The zero-order chi connectivity index (χ0) is 19.6. The Morgan fingerprint density at radius 2 is 1.82 bits per heavy atom. The number of benzene rings is 1. The zero-order valence-electron chi connectivity index (χ0n) is 16.5. The molecule has 1 saturated carbocycles. The van der Waals surface area contributed by atoms with Crippen LogP contribution in [0.15, 0.2) is 12.1 Å². The molecular formula is C21H26NO6+. The lowest BCUT2D eigenvalue weighted by atomic mass is 9.67. The van der Waals surface area contributed by atoms with Crippen molar-refractivity contribution in [2.75, 3.05) is 20.4 Å². The van der Waals surface area contributed by atoms with E-state index in [0.717, 1.165) is 47.5 Å². The quantitative estimate of drug-likeness (QED) is 0.571. The number of rotatable bonds is 2. The van der Waals surface area contributed by atoms with Crippen molar-refractivity contribution in [2.45, 2.75) is 57.4 Å². The van der Waals surface area contributed by atoms with Crippen molar-refractivity contribution in [1.29, 1.82) is 0 Å². The van der Waals surface area contributed by atoms with Crippen molar-refractivity contribution in [3.63, 3.8) is 0 Å². The minimum absolute atomic E-state index is 0.0299. The number of ether oxygens (including phenoxy) is 4. The van der Waals surface area contributed by atoms with E-state index in [2.05, 4.69) is 13.1 Å². The molecule has 1 aromatic carbocycles. The van der Waals surface area contributed by atoms with Gasteiger partial charge >= 0.3 is 11.9 Å². The molecule has 0 aromatic heterocycles. The molecule has 0 N–H and O–H groups in total. The van der Waals surface area contributed by atoms with Crippen LogP contribution in [0.5, 0.6) is 11.5 Å². The smallest absolute Gasteiger partial charge is 0.303 e. The lowest BCUT2D eigenvalue weighted by molar-refractivity contribution is -0.940. The highest BCUT2D eigenvalue weighted by molar-refractivity contribution is 5.67. The summed E-state index contributed by atoms with van der Waals surface area (Å²) in [5.41, 5.74) is 2.34. The highest BCUT2D eigenvalue weighted by Crippen LogP contribution is 2.55. The fourth-order valence-corrected chi connectivity index (χ4v) is 6.14. The second-order valence-corrected chi connectivity index (χ2v) is 8.79. The molecular weight excluding hydrogens is 362 g/mol. The van der Waals surface area contributed by atoms with Gasteiger partial charge in [-0.1, -0.05) is 0 Å². The maximum atomic E-state index is 12.0. The Morgan fingerprint density at radius 3 is 2.54 bits per heavy atom. The first-order valence-electron chi connectivity index (χ1n) is 9.97. The molecule has 150 valence electrons.